The van der Waals surface area contributed by atoms with E-state index in [-0.39, 0.29) is 18.9 Å². The highest BCUT2D eigenvalue weighted by molar-refractivity contribution is 6.31. The smallest absolute Gasteiger partial charge is 0.338 e. The van der Waals surface area contributed by atoms with Crippen molar-refractivity contribution in [2.45, 2.75) is 26.7 Å². The van der Waals surface area contributed by atoms with E-state index in [4.69, 9.17) is 21.1 Å². The molecule has 2 amide bonds. The Kier molecular flexibility index (Phi) is 8.06. The van der Waals surface area contributed by atoms with Gasteiger partial charge in [0.2, 0.25) is 5.91 Å². The summed E-state index contributed by atoms with van der Waals surface area (Å²) in [6.07, 6.45) is 0.708. The van der Waals surface area contributed by atoms with E-state index in [9.17, 15) is 19.2 Å². The highest BCUT2D eigenvalue weighted by Gasteiger charge is 2.36. The SMILES string of the molecule is CCCOC(=O)c1ccc(N2C[C@@H](C(=O)OCC(=O)Nc3ccc(C)c(Cl)c3)CC2=O)cc1. The first-order valence-corrected chi connectivity index (χ1v) is 11.0. The van der Waals surface area contributed by atoms with Gasteiger partial charge in [-0.05, 0) is 55.3 Å². The standard InChI is InChI=1S/C24H25ClN2O6/c1-3-10-32-23(30)16-5-8-19(9-6-16)27-13-17(11-22(27)29)24(31)33-14-21(28)26-18-7-4-15(2)20(25)12-18/h4-9,12,17H,3,10-11,13-14H2,1-2H3,(H,26,28)/t17-/m0/s1. The number of anilines is 2. The Labute approximate surface area is 196 Å². The Hall–Kier alpha value is -3.39. The molecule has 3 rings (SSSR count). The first-order chi connectivity index (χ1) is 15.8. The Balaban J connectivity index is 1.51. The molecule has 0 radical (unpaired) electrons. The van der Waals surface area contributed by atoms with Crippen LogP contribution in [-0.4, -0.2) is 43.5 Å². The normalized spacial score (nSPS) is 15.3. The van der Waals surface area contributed by atoms with Crippen LogP contribution in [0.4, 0.5) is 11.4 Å². The zero-order valence-electron chi connectivity index (χ0n) is 18.4. The van der Waals surface area contributed by atoms with Crippen LogP contribution < -0.4 is 10.2 Å². The first kappa shape index (κ1) is 24.3. The molecule has 33 heavy (non-hydrogen) atoms. The zero-order valence-corrected chi connectivity index (χ0v) is 19.2. The molecule has 1 atom stereocenters. The lowest BCUT2D eigenvalue weighted by atomic mass is 10.1. The summed E-state index contributed by atoms with van der Waals surface area (Å²) in [6.45, 7) is 3.75. The van der Waals surface area contributed by atoms with Crippen molar-refractivity contribution >= 4 is 46.7 Å². The van der Waals surface area contributed by atoms with Crippen LogP contribution in [0.3, 0.4) is 0 Å². The van der Waals surface area contributed by atoms with Gasteiger partial charge in [-0.3, -0.25) is 14.4 Å². The van der Waals surface area contributed by atoms with Crippen LogP contribution in [0.25, 0.3) is 0 Å². The van der Waals surface area contributed by atoms with Crippen molar-refractivity contribution in [3.63, 3.8) is 0 Å². The van der Waals surface area contributed by atoms with Gasteiger partial charge in [-0.15, -0.1) is 0 Å². The third-order valence-corrected chi connectivity index (χ3v) is 5.52. The number of hydrogen-bond acceptors (Lipinski definition) is 6. The maximum atomic E-state index is 12.4. The summed E-state index contributed by atoms with van der Waals surface area (Å²) in [6, 6.07) is 11.5. The van der Waals surface area contributed by atoms with Crippen LogP contribution in [-0.2, 0) is 23.9 Å². The quantitative estimate of drug-likeness (QED) is 0.587. The fourth-order valence-electron chi connectivity index (χ4n) is 3.29. The number of amides is 2. The molecule has 0 aliphatic carbocycles. The predicted molar refractivity (Wildman–Crippen MR) is 123 cm³/mol. The predicted octanol–water partition coefficient (Wildman–Crippen LogP) is 3.75. The summed E-state index contributed by atoms with van der Waals surface area (Å²) in [7, 11) is 0. The van der Waals surface area contributed by atoms with Crippen molar-refractivity contribution in [1.82, 2.24) is 0 Å². The molecule has 2 aromatic carbocycles. The fourth-order valence-corrected chi connectivity index (χ4v) is 3.47. The van der Waals surface area contributed by atoms with E-state index in [1.54, 1.807) is 42.5 Å². The fraction of sp³-hybridized carbons (Fsp3) is 0.333. The number of benzene rings is 2. The lowest BCUT2D eigenvalue weighted by Gasteiger charge is -2.17. The van der Waals surface area contributed by atoms with Gasteiger partial charge in [0.25, 0.3) is 5.91 Å². The molecule has 2 aromatic rings. The van der Waals surface area contributed by atoms with E-state index in [0.717, 1.165) is 12.0 Å². The first-order valence-electron chi connectivity index (χ1n) is 10.6. The van der Waals surface area contributed by atoms with Gasteiger partial charge in [-0.2, -0.15) is 0 Å². The number of esters is 2. The molecule has 0 bridgehead atoms. The number of nitrogens with zero attached hydrogens (tertiary/aromatic N) is 1. The van der Waals surface area contributed by atoms with Crippen molar-refractivity contribution in [1.29, 1.82) is 0 Å². The minimum atomic E-state index is -0.687. The Morgan fingerprint density at radius 3 is 2.52 bits per heavy atom. The van der Waals surface area contributed by atoms with Crippen molar-refractivity contribution in [2.24, 2.45) is 5.92 Å². The number of carbonyl (C=O) groups is 4. The van der Waals surface area contributed by atoms with Crippen molar-refractivity contribution in [3.8, 4) is 0 Å². The third-order valence-electron chi connectivity index (χ3n) is 5.11. The molecule has 0 spiro atoms. The van der Waals surface area contributed by atoms with E-state index in [0.29, 0.717) is 28.6 Å². The number of hydrogen-bond donors (Lipinski definition) is 1. The maximum absolute atomic E-state index is 12.4. The number of carbonyl (C=O) groups excluding carboxylic acids is 4. The Bertz CT molecular complexity index is 1050. The van der Waals surface area contributed by atoms with E-state index < -0.39 is 30.4 Å². The van der Waals surface area contributed by atoms with Crippen molar-refractivity contribution in [3.05, 3.63) is 58.6 Å². The number of halogens is 1. The molecule has 1 saturated heterocycles. The third kappa shape index (κ3) is 6.32. The average Bonchev–Trinajstić information content (AvgIpc) is 3.20. The molecular formula is C24H25ClN2O6. The number of rotatable bonds is 8. The van der Waals surface area contributed by atoms with Crippen LogP contribution in [0.5, 0.6) is 0 Å². The highest BCUT2D eigenvalue weighted by Crippen LogP contribution is 2.26. The summed E-state index contributed by atoms with van der Waals surface area (Å²) >= 11 is 6.04. The van der Waals surface area contributed by atoms with Crippen LogP contribution in [0.15, 0.2) is 42.5 Å². The molecule has 8 nitrogen and oxygen atoms in total. The number of aryl methyl sites for hydroxylation is 1. The molecule has 1 heterocycles. The Morgan fingerprint density at radius 2 is 1.85 bits per heavy atom. The number of ether oxygens (including phenoxy) is 2. The van der Waals surface area contributed by atoms with Gasteiger partial charge in [-0.1, -0.05) is 24.6 Å². The second kappa shape index (κ2) is 11.0. The Morgan fingerprint density at radius 1 is 1.12 bits per heavy atom. The lowest BCUT2D eigenvalue weighted by molar-refractivity contribution is -0.151. The summed E-state index contributed by atoms with van der Waals surface area (Å²) < 4.78 is 10.2. The topological polar surface area (TPSA) is 102 Å². The van der Waals surface area contributed by atoms with E-state index >= 15 is 0 Å². The van der Waals surface area contributed by atoms with Crippen molar-refractivity contribution < 1.29 is 28.7 Å². The van der Waals surface area contributed by atoms with E-state index in [1.165, 1.54) is 4.90 Å². The van der Waals surface area contributed by atoms with Gasteiger partial charge in [0.05, 0.1) is 18.1 Å². The second-order valence-electron chi connectivity index (χ2n) is 7.71. The summed E-state index contributed by atoms with van der Waals surface area (Å²) in [5.74, 6) is -2.48. The molecular weight excluding hydrogens is 448 g/mol. The lowest BCUT2D eigenvalue weighted by Crippen LogP contribution is -2.28. The minimum absolute atomic E-state index is 0.0195. The van der Waals surface area contributed by atoms with Gasteiger partial charge in [0.1, 0.15) is 0 Å². The maximum Gasteiger partial charge on any atom is 0.338 e. The molecule has 1 fully saturated rings. The molecule has 1 aliphatic heterocycles. The van der Waals surface area contributed by atoms with Gasteiger partial charge in [-0.25, -0.2) is 4.79 Å². The monoisotopic (exact) mass is 472 g/mol. The van der Waals surface area contributed by atoms with Crippen LogP contribution in [0.1, 0.15) is 35.7 Å². The van der Waals surface area contributed by atoms with Gasteiger partial charge in [0, 0.05) is 29.4 Å². The molecule has 1 N–H and O–H groups in total. The average molecular weight is 473 g/mol. The van der Waals surface area contributed by atoms with Crippen LogP contribution in [0.2, 0.25) is 5.02 Å². The summed E-state index contributed by atoms with van der Waals surface area (Å²) in [5.41, 5.74) is 2.32. The van der Waals surface area contributed by atoms with Gasteiger partial charge < -0.3 is 19.7 Å². The summed E-state index contributed by atoms with van der Waals surface area (Å²) in [4.78, 5) is 50.3. The number of nitrogens with one attached hydrogen (secondary N) is 1. The van der Waals surface area contributed by atoms with Crippen LogP contribution >= 0.6 is 11.6 Å². The van der Waals surface area contributed by atoms with E-state index in [1.807, 2.05) is 13.8 Å². The van der Waals surface area contributed by atoms with E-state index in [2.05, 4.69) is 5.32 Å². The van der Waals surface area contributed by atoms with Crippen LogP contribution in [0, 0.1) is 12.8 Å². The molecule has 174 valence electrons. The molecule has 0 aromatic heterocycles. The summed E-state index contributed by atoms with van der Waals surface area (Å²) in [5, 5.41) is 3.12. The minimum Gasteiger partial charge on any atom is -0.462 e. The molecule has 0 unspecified atom stereocenters. The largest absolute Gasteiger partial charge is 0.462 e. The molecule has 1 aliphatic rings. The zero-order chi connectivity index (χ0) is 24.0. The van der Waals surface area contributed by atoms with Gasteiger partial charge in [0.15, 0.2) is 6.61 Å². The van der Waals surface area contributed by atoms with Gasteiger partial charge >= 0.3 is 11.9 Å². The highest BCUT2D eigenvalue weighted by atomic mass is 35.5. The molecule has 0 saturated carbocycles. The second-order valence-corrected chi connectivity index (χ2v) is 8.12. The molecule has 9 heteroatoms. The van der Waals surface area contributed by atoms with Crippen molar-refractivity contribution in [2.75, 3.05) is 30.0 Å².